The van der Waals surface area contributed by atoms with E-state index < -0.39 is 57.9 Å². The summed E-state index contributed by atoms with van der Waals surface area (Å²) in [7, 11) is 1.91. The standard InChI is InChI=1S/C56H52N6O6S3/c1-54(2,3)68-53(67)58-46(44-36-71-52(57-44)60-55(40-24-14-7-15-25-40,41-26-16-8-17-27-41)42-28-18-9-19-29-42)48(63)59-56(45(37-20-10-5-11-21-37)38-22-12-6-13-23-38)50(66)62-47(49(64)65)39(35-70-51(56)62)34-69-43-30-32-61(4)33-31-43/h5-33,36,45-46,51H,34-35H2,1-4H3,(H3-,57,58,59,60,63,64,65,67)/t46?,51-,56-/m1/s1. The maximum Gasteiger partial charge on any atom is 0.408 e. The molecule has 1 unspecified atom stereocenters. The van der Waals surface area contributed by atoms with Crippen LogP contribution in [0.5, 0.6) is 0 Å². The Hall–Kier alpha value is -7.20. The number of amides is 3. The third kappa shape index (κ3) is 9.94. The molecule has 360 valence electrons. The van der Waals surface area contributed by atoms with Crippen molar-refractivity contribution < 1.29 is 33.6 Å². The highest BCUT2D eigenvalue weighted by Gasteiger charge is 2.68. The van der Waals surface area contributed by atoms with Crippen LogP contribution in [0.15, 0.2) is 198 Å². The van der Waals surface area contributed by atoms with Crippen LogP contribution in [0.25, 0.3) is 0 Å². The average molecular weight is 1000 g/mol. The summed E-state index contributed by atoms with van der Waals surface area (Å²) >= 11 is 4.09. The molecule has 9 rings (SSSR count). The van der Waals surface area contributed by atoms with E-state index in [9.17, 15) is 14.7 Å². The van der Waals surface area contributed by atoms with E-state index in [-0.39, 0.29) is 17.1 Å². The Balaban J connectivity index is 1.14. The largest absolute Gasteiger partial charge is 0.543 e. The molecule has 15 heteroatoms. The van der Waals surface area contributed by atoms with Crippen LogP contribution in [-0.4, -0.2) is 61.8 Å². The molecule has 2 aromatic heterocycles. The number of anilines is 1. The summed E-state index contributed by atoms with van der Waals surface area (Å²) in [5, 5.41) is 24.2. The van der Waals surface area contributed by atoms with Crippen LogP contribution in [-0.2, 0) is 31.7 Å². The van der Waals surface area contributed by atoms with E-state index in [2.05, 4.69) is 16.0 Å². The number of ether oxygens (including phenoxy) is 1. The number of aryl methyl sites for hydroxylation is 1. The van der Waals surface area contributed by atoms with Gasteiger partial charge in [0.1, 0.15) is 23.6 Å². The van der Waals surface area contributed by atoms with Gasteiger partial charge in [-0.3, -0.25) is 14.5 Å². The van der Waals surface area contributed by atoms with Gasteiger partial charge in [-0.25, -0.2) is 14.3 Å². The Morgan fingerprint density at radius 1 is 0.803 bits per heavy atom. The van der Waals surface area contributed by atoms with Crippen molar-refractivity contribution >= 4 is 63.9 Å². The lowest BCUT2D eigenvalue weighted by molar-refractivity contribution is -0.671. The van der Waals surface area contributed by atoms with Crippen LogP contribution in [0, 0.1) is 0 Å². The van der Waals surface area contributed by atoms with E-state index >= 15 is 9.59 Å². The number of aliphatic carboxylic acids is 1. The first-order chi connectivity index (χ1) is 34.3. The summed E-state index contributed by atoms with van der Waals surface area (Å²) < 4.78 is 7.65. The van der Waals surface area contributed by atoms with E-state index in [0.717, 1.165) is 21.6 Å². The predicted octanol–water partition coefficient (Wildman–Crippen LogP) is 8.34. The second-order valence-corrected chi connectivity index (χ2v) is 21.3. The number of alkyl carbamates (subject to hydrolysis) is 1. The summed E-state index contributed by atoms with van der Waals surface area (Å²) in [5.74, 6) is -3.16. The van der Waals surface area contributed by atoms with Gasteiger partial charge in [-0.05, 0) is 54.2 Å². The van der Waals surface area contributed by atoms with Crippen molar-refractivity contribution in [1.82, 2.24) is 20.5 Å². The number of thiazole rings is 1. The van der Waals surface area contributed by atoms with Gasteiger partial charge in [0, 0.05) is 39.8 Å². The first kappa shape index (κ1) is 48.8. The van der Waals surface area contributed by atoms with Crippen molar-refractivity contribution in [3.63, 3.8) is 0 Å². The minimum atomic E-state index is -1.79. The molecule has 1 fully saturated rings. The third-order valence-electron chi connectivity index (χ3n) is 12.4. The van der Waals surface area contributed by atoms with Crippen LogP contribution in [0.3, 0.4) is 0 Å². The lowest BCUT2D eigenvalue weighted by atomic mass is 9.68. The van der Waals surface area contributed by atoms with Gasteiger partial charge in [0.05, 0.1) is 17.4 Å². The molecular formula is C56H52N6O6S3. The Labute approximate surface area is 425 Å². The quantitative estimate of drug-likeness (QED) is 0.0372. The topological polar surface area (TPSA) is 157 Å². The predicted molar refractivity (Wildman–Crippen MR) is 276 cm³/mol. The number of benzene rings is 5. The van der Waals surface area contributed by atoms with Gasteiger partial charge in [-0.15, -0.1) is 34.9 Å². The van der Waals surface area contributed by atoms with E-state index in [4.69, 9.17) is 9.72 Å². The van der Waals surface area contributed by atoms with Crippen LogP contribution < -0.4 is 25.6 Å². The van der Waals surface area contributed by atoms with Crippen molar-refractivity contribution in [1.29, 1.82) is 0 Å². The normalized spacial score (nSPS) is 17.2. The molecule has 2 aliphatic rings. The van der Waals surface area contributed by atoms with Crippen LogP contribution in [0.4, 0.5) is 9.93 Å². The second-order valence-electron chi connectivity index (χ2n) is 18.3. The molecule has 12 nitrogen and oxygen atoms in total. The second kappa shape index (κ2) is 20.6. The first-order valence-corrected chi connectivity index (χ1v) is 26.0. The van der Waals surface area contributed by atoms with Gasteiger partial charge >= 0.3 is 6.09 Å². The molecule has 3 amide bonds. The number of fused-ring (bicyclic) bond motifs is 1. The molecule has 2 aliphatic heterocycles. The molecular weight excluding hydrogens is 949 g/mol. The van der Waals surface area contributed by atoms with Gasteiger partial charge in [-0.2, -0.15) is 0 Å². The van der Waals surface area contributed by atoms with E-state index in [1.54, 1.807) is 26.2 Å². The number of aromatic nitrogens is 2. The van der Waals surface area contributed by atoms with Gasteiger partial charge < -0.3 is 30.6 Å². The number of pyridine rings is 1. The SMILES string of the molecule is C[n+]1ccc(SCC2=C(C(=O)[O-])N3C(=O)[C@](NC(=O)C(NC(=O)OC(C)(C)C)c4csc(NC(c5ccccc5)(c5ccccc5)c5ccccc5)n4)(C(c4ccccc4)c4ccccc4)[C@H]3SC2)cc1. The molecule has 3 atom stereocenters. The Morgan fingerprint density at radius 3 is 1.80 bits per heavy atom. The maximum absolute atomic E-state index is 15.6. The fraction of sp³-hybridized carbons (Fsp3) is 0.214. The lowest BCUT2D eigenvalue weighted by Crippen LogP contribution is -2.82. The number of hydrogen-bond acceptors (Lipinski definition) is 11. The summed E-state index contributed by atoms with van der Waals surface area (Å²) in [6.07, 6.45) is 2.94. The number of carbonyl (C=O) groups is 4. The number of thioether (sulfide) groups is 2. The summed E-state index contributed by atoms with van der Waals surface area (Å²) in [5.41, 5.74) is 1.04. The zero-order valence-corrected chi connectivity index (χ0v) is 41.9. The lowest BCUT2D eigenvalue weighted by Gasteiger charge is -2.61. The monoisotopic (exact) mass is 1000 g/mol. The molecule has 0 radical (unpaired) electrons. The van der Waals surface area contributed by atoms with Gasteiger partial charge in [0.25, 0.3) is 5.91 Å². The number of hydrogen-bond donors (Lipinski definition) is 3. The van der Waals surface area contributed by atoms with Crippen LogP contribution >= 0.6 is 34.9 Å². The Kier molecular flexibility index (Phi) is 14.2. The minimum absolute atomic E-state index is 0.180. The molecule has 3 N–H and O–H groups in total. The smallest absolute Gasteiger partial charge is 0.408 e. The molecule has 4 heterocycles. The summed E-state index contributed by atoms with van der Waals surface area (Å²) in [4.78, 5) is 65.6. The highest BCUT2D eigenvalue weighted by Crippen LogP contribution is 2.54. The number of nitrogens with zero attached hydrogens (tertiary/aromatic N) is 3. The molecule has 5 aromatic carbocycles. The maximum atomic E-state index is 15.6. The van der Waals surface area contributed by atoms with E-state index in [1.807, 2.05) is 188 Å². The van der Waals surface area contributed by atoms with E-state index in [0.29, 0.717) is 27.6 Å². The third-order valence-corrected chi connectivity index (χ3v) is 15.7. The summed E-state index contributed by atoms with van der Waals surface area (Å²) in [6.45, 7) is 5.16. The number of carboxylic acid groups (broad SMARTS) is 1. The first-order valence-electron chi connectivity index (χ1n) is 23.1. The summed E-state index contributed by atoms with van der Waals surface area (Å²) in [6, 6.07) is 51.2. The van der Waals surface area contributed by atoms with Crippen molar-refractivity contribution in [2.75, 3.05) is 16.8 Å². The highest BCUT2D eigenvalue weighted by atomic mass is 32.2. The number of nitrogens with one attached hydrogen (secondary N) is 3. The van der Waals surface area contributed by atoms with Crippen LogP contribution in [0.1, 0.15) is 66.2 Å². The van der Waals surface area contributed by atoms with E-state index in [1.165, 1.54) is 39.8 Å². The number of rotatable bonds is 16. The zero-order valence-electron chi connectivity index (χ0n) is 39.5. The molecule has 0 bridgehead atoms. The fourth-order valence-corrected chi connectivity index (χ4v) is 12.7. The average Bonchev–Trinajstić information content (AvgIpc) is 3.85. The minimum Gasteiger partial charge on any atom is -0.543 e. The van der Waals surface area contributed by atoms with Crippen molar-refractivity contribution in [2.24, 2.45) is 7.05 Å². The number of carboxylic acids is 1. The Bertz CT molecular complexity index is 2910. The fourth-order valence-electron chi connectivity index (χ4n) is 9.35. The van der Waals surface area contributed by atoms with Crippen molar-refractivity contribution in [3.05, 3.63) is 226 Å². The van der Waals surface area contributed by atoms with Crippen molar-refractivity contribution in [3.8, 4) is 0 Å². The highest BCUT2D eigenvalue weighted by molar-refractivity contribution is 8.01. The van der Waals surface area contributed by atoms with Gasteiger partial charge in [0.15, 0.2) is 29.1 Å². The van der Waals surface area contributed by atoms with Crippen LogP contribution in [0.2, 0.25) is 0 Å². The molecule has 0 spiro atoms. The zero-order chi connectivity index (χ0) is 49.8. The number of β-lactam (4-membered cyclic amide) rings is 1. The molecule has 1 saturated heterocycles. The van der Waals surface area contributed by atoms with Crippen molar-refractivity contribution in [2.45, 2.75) is 59.7 Å². The van der Waals surface area contributed by atoms with Gasteiger partial charge in [-0.1, -0.05) is 152 Å². The Morgan fingerprint density at radius 2 is 1.31 bits per heavy atom. The molecule has 71 heavy (non-hydrogen) atoms. The molecule has 0 saturated carbocycles. The molecule has 0 aliphatic carbocycles. The number of carbonyl (C=O) groups excluding carboxylic acids is 4. The van der Waals surface area contributed by atoms with Gasteiger partial charge in [0.2, 0.25) is 5.91 Å². The molecule has 7 aromatic rings.